The van der Waals surface area contributed by atoms with Crippen molar-refractivity contribution in [2.24, 2.45) is 0 Å². The first-order chi connectivity index (χ1) is 12.1. The number of likely N-dealkylation sites (N-methyl/N-ethyl adjacent to an activating group) is 1. The third-order valence-electron chi connectivity index (χ3n) is 3.93. The first kappa shape index (κ1) is 17.1. The summed E-state index contributed by atoms with van der Waals surface area (Å²) in [5.41, 5.74) is 0. The number of hydrogen-bond acceptors (Lipinski definition) is 6. The number of nitrogens with one attached hydrogen (secondary N) is 1. The molecule has 3 rings (SSSR count). The van der Waals surface area contributed by atoms with Crippen LogP contribution in [0.2, 0.25) is 0 Å². The van der Waals surface area contributed by atoms with Crippen molar-refractivity contribution in [3.05, 3.63) is 42.5 Å². The van der Waals surface area contributed by atoms with E-state index in [1.165, 1.54) is 30.6 Å². The molecule has 8 heteroatoms. The van der Waals surface area contributed by atoms with Crippen molar-refractivity contribution in [2.75, 3.05) is 50.1 Å². The molecule has 2 aromatic rings. The SMILES string of the molecule is CN1CCN(c2cc(NC(=O)COc3ccc(F)cc3)ncn2)CC1. The van der Waals surface area contributed by atoms with Crippen LogP contribution < -0.4 is 15.0 Å². The third-order valence-corrected chi connectivity index (χ3v) is 3.93. The Hall–Kier alpha value is -2.74. The number of amides is 1. The van der Waals surface area contributed by atoms with E-state index in [2.05, 4.69) is 32.1 Å². The van der Waals surface area contributed by atoms with Gasteiger partial charge in [0.15, 0.2) is 6.61 Å². The molecule has 0 aliphatic carbocycles. The Bertz CT molecular complexity index is 717. The van der Waals surface area contributed by atoms with Crippen LogP contribution >= 0.6 is 0 Å². The lowest BCUT2D eigenvalue weighted by molar-refractivity contribution is -0.118. The predicted molar refractivity (Wildman–Crippen MR) is 92.3 cm³/mol. The second kappa shape index (κ2) is 7.89. The molecule has 1 fully saturated rings. The second-order valence-corrected chi connectivity index (χ2v) is 5.84. The molecule has 0 atom stereocenters. The Labute approximate surface area is 145 Å². The Kier molecular flexibility index (Phi) is 5.39. The Morgan fingerprint density at radius 1 is 1.20 bits per heavy atom. The molecule has 1 aliphatic heterocycles. The fourth-order valence-corrected chi connectivity index (χ4v) is 2.48. The lowest BCUT2D eigenvalue weighted by atomic mass is 10.3. The van der Waals surface area contributed by atoms with E-state index in [-0.39, 0.29) is 18.3 Å². The lowest BCUT2D eigenvalue weighted by Gasteiger charge is -2.33. The summed E-state index contributed by atoms with van der Waals surface area (Å²) < 4.78 is 18.1. The zero-order chi connectivity index (χ0) is 17.6. The van der Waals surface area contributed by atoms with Gasteiger partial charge in [-0.3, -0.25) is 4.79 Å². The molecule has 1 aromatic heterocycles. The van der Waals surface area contributed by atoms with Crippen molar-refractivity contribution in [2.45, 2.75) is 0 Å². The van der Waals surface area contributed by atoms with Gasteiger partial charge < -0.3 is 19.9 Å². The quantitative estimate of drug-likeness (QED) is 0.883. The average molecular weight is 345 g/mol. The number of anilines is 2. The van der Waals surface area contributed by atoms with Gasteiger partial charge in [0.25, 0.3) is 5.91 Å². The molecule has 0 bridgehead atoms. The lowest BCUT2D eigenvalue weighted by Crippen LogP contribution is -2.44. The van der Waals surface area contributed by atoms with Gasteiger partial charge in [0, 0.05) is 32.2 Å². The molecule has 0 unspecified atom stereocenters. The van der Waals surface area contributed by atoms with Gasteiger partial charge in [-0.2, -0.15) is 0 Å². The topological polar surface area (TPSA) is 70.6 Å². The molecule has 2 heterocycles. The highest BCUT2D eigenvalue weighted by molar-refractivity contribution is 5.91. The zero-order valence-corrected chi connectivity index (χ0v) is 14.0. The third kappa shape index (κ3) is 4.87. The minimum atomic E-state index is -0.353. The van der Waals surface area contributed by atoms with E-state index in [4.69, 9.17) is 4.74 Å². The number of carbonyl (C=O) groups is 1. The van der Waals surface area contributed by atoms with Gasteiger partial charge in [0.2, 0.25) is 0 Å². The van der Waals surface area contributed by atoms with E-state index >= 15 is 0 Å². The number of piperazine rings is 1. The fraction of sp³-hybridized carbons (Fsp3) is 0.353. The summed E-state index contributed by atoms with van der Waals surface area (Å²) >= 11 is 0. The van der Waals surface area contributed by atoms with Crippen LogP contribution in [0.4, 0.5) is 16.0 Å². The van der Waals surface area contributed by atoms with Crippen molar-refractivity contribution in [3.63, 3.8) is 0 Å². The van der Waals surface area contributed by atoms with Crippen LogP contribution in [0.15, 0.2) is 36.7 Å². The number of ether oxygens (including phenoxy) is 1. The molecule has 25 heavy (non-hydrogen) atoms. The van der Waals surface area contributed by atoms with Crippen LogP contribution in [0.3, 0.4) is 0 Å². The van der Waals surface area contributed by atoms with Crippen molar-refractivity contribution in [1.29, 1.82) is 0 Å². The van der Waals surface area contributed by atoms with E-state index < -0.39 is 0 Å². The summed E-state index contributed by atoms with van der Waals surface area (Å²) in [5.74, 6) is 0.952. The van der Waals surface area contributed by atoms with Gasteiger partial charge in [-0.1, -0.05) is 0 Å². The molecule has 1 aliphatic rings. The maximum Gasteiger partial charge on any atom is 0.263 e. The van der Waals surface area contributed by atoms with Crippen LogP contribution in [0, 0.1) is 5.82 Å². The predicted octanol–water partition coefficient (Wildman–Crippen LogP) is 1.38. The first-order valence-electron chi connectivity index (χ1n) is 8.04. The number of nitrogens with zero attached hydrogens (tertiary/aromatic N) is 4. The van der Waals surface area contributed by atoms with Crippen LogP contribution in [0.25, 0.3) is 0 Å². The number of hydrogen-bond donors (Lipinski definition) is 1. The number of aromatic nitrogens is 2. The Morgan fingerprint density at radius 2 is 1.92 bits per heavy atom. The smallest absolute Gasteiger partial charge is 0.263 e. The van der Waals surface area contributed by atoms with Gasteiger partial charge >= 0.3 is 0 Å². The molecule has 0 spiro atoms. The highest BCUT2D eigenvalue weighted by Gasteiger charge is 2.16. The number of benzene rings is 1. The van der Waals surface area contributed by atoms with E-state index in [0.717, 1.165) is 32.0 Å². The Balaban J connectivity index is 1.54. The van der Waals surface area contributed by atoms with Gasteiger partial charge in [-0.05, 0) is 31.3 Å². The minimum Gasteiger partial charge on any atom is -0.484 e. The maximum atomic E-state index is 12.8. The van der Waals surface area contributed by atoms with Crippen molar-refractivity contribution in [1.82, 2.24) is 14.9 Å². The highest BCUT2D eigenvalue weighted by Crippen LogP contribution is 2.16. The van der Waals surface area contributed by atoms with Gasteiger partial charge in [-0.25, -0.2) is 14.4 Å². The van der Waals surface area contributed by atoms with Crippen molar-refractivity contribution in [3.8, 4) is 5.75 Å². The summed E-state index contributed by atoms with van der Waals surface area (Å²) in [6, 6.07) is 7.25. The molecule has 0 radical (unpaired) electrons. The number of halogens is 1. The summed E-state index contributed by atoms with van der Waals surface area (Å²) in [6.07, 6.45) is 1.43. The van der Waals surface area contributed by atoms with Gasteiger partial charge in [-0.15, -0.1) is 0 Å². The van der Waals surface area contributed by atoms with Gasteiger partial charge in [0.1, 0.15) is 29.5 Å². The van der Waals surface area contributed by atoms with Crippen LogP contribution in [0.5, 0.6) is 5.75 Å². The largest absolute Gasteiger partial charge is 0.484 e. The monoisotopic (exact) mass is 345 g/mol. The first-order valence-corrected chi connectivity index (χ1v) is 8.04. The molecular formula is C17H20FN5O2. The summed E-state index contributed by atoms with van der Waals surface area (Å²) in [5, 5.41) is 2.69. The summed E-state index contributed by atoms with van der Waals surface area (Å²) in [7, 11) is 2.09. The molecule has 7 nitrogen and oxygen atoms in total. The zero-order valence-electron chi connectivity index (χ0n) is 14.0. The summed E-state index contributed by atoms with van der Waals surface area (Å²) in [4.78, 5) is 24.8. The fourth-order valence-electron chi connectivity index (χ4n) is 2.48. The maximum absolute atomic E-state index is 12.8. The van der Waals surface area contributed by atoms with E-state index in [9.17, 15) is 9.18 Å². The molecule has 1 saturated heterocycles. The molecule has 132 valence electrons. The Morgan fingerprint density at radius 3 is 2.64 bits per heavy atom. The van der Waals surface area contributed by atoms with E-state index in [1.807, 2.05) is 0 Å². The number of rotatable bonds is 5. The second-order valence-electron chi connectivity index (χ2n) is 5.84. The van der Waals surface area contributed by atoms with Gasteiger partial charge in [0.05, 0.1) is 0 Å². The standard InChI is InChI=1S/C17H20FN5O2/c1-22-6-8-23(9-7-22)16-10-15(19-12-20-16)21-17(24)11-25-14-4-2-13(18)3-5-14/h2-5,10,12H,6-9,11H2,1H3,(H,19,20,21,24). The summed E-state index contributed by atoms with van der Waals surface area (Å²) in [6.45, 7) is 3.52. The van der Waals surface area contributed by atoms with Crippen LogP contribution in [-0.4, -0.2) is 60.6 Å². The average Bonchev–Trinajstić information content (AvgIpc) is 2.62. The molecule has 1 amide bonds. The number of carbonyl (C=O) groups excluding carboxylic acids is 1. The van der Waals surface area contributed by atoms with Crippen LogP contribution in [0.1, 0.15) is 0 Å². The molecule has 1 N–H and O–H groups in total. The molecular weight excluding hydrogens is 325 g/mol. The van der Waals surface area contributed by atoms with E-state index in [1.54, 1.807) is 6.07 Å². The highest BCUT2D eigenvalue weighted by atomic mass is 19.1. The van der Waals surface area contributed by atoms with Crippen molar-refractivity contribution < 1.29 is 13.9 Å². The molecule has 0 saturated carbocycles. The van der Waals surface area contributed by atoms with Crippen LogP contribution in [-0.2, 0) is 4.79 Å². The normalized spacial score (nSPS) is 15.0. The van der Waals surface area contributed by atoms with E-state index in [0.29, 0.717) is 11.6 Å². The van der Waals surface area contributed by atoms with Crippen molar-refractivity contribution >= 4 is 17.5 Å². The minimum absolute atomic E-state index is 0.181. The molecule has 1 aromatic carbocycles.